The van der Waals surface area contributed by atoms with Gasteiger partial charge in [0.25, 0.3) is 0 Å². The van der Waals surface area contributed by atoms with Gasteiger partial charge < -0.3 is 0 Å². The molecule has 3 unspecified atom stereocenters. The third kappa shape index (κ3) is 0.255. The van der Waals surface area contributed by atoms with Crippen molar-refractivity contribution in [3.8, 4) is 0 Å². The lowest BCUT2D eigenvalue weighted by Gasteiger charge is -2.01. The molecule has 0 spiro atoms. The summed E-state index contributed by atoms with van der Waals surface area (Å²) in [6.07, 6.45) is 2.95. The van der Waals surface area contributed by atoms with Crippen LogP contribution in [0.15, 0.2) is 0 Å². The van der Waals surface area contributed by atoms with Crippen LogP contribution in [0.4, 0.5) is 0 Å². The maximum atomic E-state index is 6.10. The van der Waals surface area contributed by atoms with E-state index in [1.165, 1.54) is 12.8 Å². The van der Waals surface area contributed by atoms with Gasteiger partial charge in [0.1, 0.15) is 0 Å². The average molecular weight is 129 g/mol. The summed E-state index contributed by atoms with van der Waals surface area (Å²) in [5.74, 6) is 4.13. The van der Waals surface area contributed by atoms with Crippen molar-refractivity contribution in [2.24, 2.45) is 23.7 Å². The molecule has 0 amide bonds. The Balaban J connectivity index is 2.10. The van der Waals surface area contributed by atoms with Crippen LogP contribution in [0.25, 0.3) is 0 Å². The highest BCUT2D eigenvalue weighted by Gasteiger charge is 2.67. The first kappa shape index (κ1) is 4.16. The lowest BCUT2D eigenvalue weighted by molar-refractivity contribution is 0.610. The van der Waals surface area contributed by atoms with Crippen molar-refractivity contribution in [2.75, 3.05) is 0 Å². The highest BCUT2D eigenvalue weighted by Crippen LogP contribution is 2.71. The van der Waals surface area contributed by atoms with E-state index in [9.17, 15) is 0 Å². The van der Waals surface area contributed by atoms with Gasteiger partial charge in [0.15, 0.2) is 0 Å². The van der Waals surface area contributed by atoms with E-state index in [2.05, 4.69) is 0 Å². The van der Waals surface area contributed by atoms with E-state index >= 15 is 0 Å². The number of hydrogen-bond acceptors (Lipinski definition) is 0. The summed E-state index contributed by atoms with van der Waals surface area (Å²) in [5, 5.41) is 0.602. The van der Waals surface area contributed by atoms with E-state index < -0.39 is 0 Å². The predicted molar refractivity (Wildman–Crippen MR) is 32.8 cm³/mol. The molecule has 0 nitrogen and oxygen atoms in total. The number of halogens is 1. The third-order valence-corrected chi connectivity index (χ3v) is 4.01. The van der Waals surface area contributed by atoms with Crippen molar-refractivity contribution in [2.45, 2.75) is 18.2 Å². The topological polar surface area (TPSA) is 0 Å². The molecule has 4 fully saturated rings. The summed E-state index contributed by atoms with van der Waals surface area (Å²) in [4.78, 5) is 0. The Kier molecular flexibility index (Phi) is 0.502. The summed E-state index contributed by atoms with van der Waals surface area (Å²) >= 11 is 6.10. The molecule has 0 aromatic carbocycles. The largest absolute Gasteiger partial charge is 0.122 e. The van der Waals surface area contributed by atoms with Crippen molar-refractivity contribution in [3.63, 3.8) is 0 Å². The van der Waals surface area contributed by atoms with Gasteiger partial charge in [-0.2, -0.15) is 0 Å². The molecule has 4 aliphatic rings. The van der Waals surface area contributed by atoms with Gasteiger partial charge in [-0.25, -0.2) is 0 Å². The molecule has 5 atom stereocenters. The monoisotopic (exact) mass is 128 g/mol. The SMILES string of the molecule is ClC1C2C[C@@H]3C1[C@@H]3C2. The van der Waals surface area contributed by atoms with Crippen molar-refractivity contribution in [1.29, 1.82) is 0 Å². The molecule has 0 aromatic rings. The summed E-state index contributed by atoms with van der Waals surface area (Å²) < 4.78 is 0. The lowest BCUT2D eigenvalue weighted by atomic mass is 10.1. The maximum Gasteiger partial charge on any atom is 0.0398 e. The second kappa shape index (κ2) is 0.965. The second-order valence-electron chi connectivity index (χ2n) is 3.58. The molecule has 4 saturated carbocycles. The van der Waals surface area contributed by atoms with E-state index in [0.717, 1.165) is 23.7 Å². The Morgan fingerprint density at radius 2 is 1.75 bits per heavy atom. The van der Waals surface area contributed by atoms with Crippen LogP contribution in [0.5, 0.6) is 0 Å². The lowest BCUT2D eigenvalue weighted by Crippen LogP contribution is -2.01. The zero-order valence-corrected chi connectivity index (χ0v) is 5.43. The quantitative estimate of drug-likeness (QED) is 0.437. The van der Waals surface area contributed by atoms with Crippen LogP contribution in [0.3, 0.4) is 0 Å². The first-order valence-corrected chi connectivity index (χ1v) is 3.95. The molecule has 0 heterocycles. The van der Waals surface area contributed by atoms with Crippen molar-refractivity contribution in [3.05, 3.63) is 0 Å². The Hall–Kier alpha value is 0.290. The van der Waals surface area contributed by atoms with Crippen LogP contribution < -0.4 is 0 Å². The summed E-state index contributed by atoms with van der Waals surface area (Å²) in [5.41, 5.74) is 0. The Bertz CT molecular complexity index is 129. The molecule has 4 aliphatic carbocycles. The van der Waals surface area contributed by atoms with Gasteiger partial charge in [-0.15, -0.1) is 11.6 Å². The third-order valence-electron chi connectivity index (χ3n) is 3.37. The Morgan fingerprint density at radius 1 is 1.12 bits per heavy atom. The molecular formula is C7H9Cl. The van der Waals surface area contributed by atoms with Gasteiger partial charge in [-0.05, 0) is 36.5 Å². The maximum absolute atomic E-state index is 6.10. The number of alkyl halides is 1. The van der Waals surface area contributed by atoms with E-state index in [1.807, 2.05) is 0 Å². The zero-order valence-electron chi connectivity index (χ0n) is 4.68. The summed E-state index contributed by atoms with van der Waals surface area (Å²) in [6, 6.07) is 0. The van der Waals surface area contributed by atoms with Crippen LogP contribution in [-0.2, 0) is 0 Å². The molecule has 0 N–H and O–H groups in total. The zero-order chi connectivity index (χ0) is 5.30. The second-order valence-corrected chi connectivity index (χ2v) is 4.08. The number of hydrogen-bond donors (Lipinski definition) is 0. The predicted octanol–water partition coefficient (Wildman–Crippen LogP) is 1.88. The van der Waals surface area contributed by atoms with E-state index in [-0.39, 0.29) is 0 Å². The highest BCUT2D eigenvalue weighted by molar-refractivity contribution is 6.21. The van der Waals surface area contributed by atoms with Crippen LogP contribution in [-0.4, -0.2) is 5.38 Å². The van der Waals surface area contributed by atoms with Crippen molar-refractivity contribution < 1.29 is 0 Å². The standard InChI is InChI=1S/C7H9Cl/c8-7-3-1-4-5(2-3)6(4)7/h3-7H,1-2H2/t3?,4-,5+,6?,7?. The smallest absolute Gasteiger partial charge is 0.0398 e. The highest BCUT2D eigenvalue weighted by atomic mass is 35.5. The average Bonchev–Trinajstić information content (AvgIpc) is 2.23. The van der Waals surface area contributed by atoms with Crippen LogP contribution in [0.2, 0.25) is 0 Å². The summed E-state index contributed by atoms with van der Waals surface area (Å²) in [7, 11) is 0. The number of rotatable bonds is 0. The van der Waals surface area contributed by atoms with Crippen LogP contribution >= 0.6 is 11.6 Å². The molecule has 44 valence electrons. The van der Waals surface area contributed by atoms with E-state index in [0.29, 0.717) is 5.38 Å². The first-order chi connectivity index (χ1) is 3.88. The van der Waals surface area contributed by atoms with Crippen molar-refractivity contribution >= 4 is 11.6 Å². The Morgan fingerprint density at radius 3 is 1.88 bits per heavy atom. The van der Waals surface area contributed by atoms with Gasteiger partial charge in [0, 0.05) is 5.38 Å². The van der Waals surface area contributed by atoms with E-state index in [1.54, 1.807) is 0 Å². The van der Waals surface area contributed by atoms with Gasteiger partial charge in [0.05, 0.1) is 0 Å². The molecule has 0 radical (unpaired) electrons. The van der Waals surface area contributed by atoms with Gasteiger partial charge in [-0.1, -0.05) is 0 Å². The molecule has 8 heavy (non-hydrogen) atoms. The van der Waals surface area contributed by atoms with Gasteiger partial charge in [-0.3, -0.25) is 0 Å². The van der Waals surface area contributed by atoms with Gasteiger partial charge in [0.2, 0.25) is 0 Å². The minimum Gasteiger partial charge on any atom is -0.122 e. The van der Waals surface area contributed by atoms with Gasteiger partial charge >= 0.3 is 0 Å². The van der Waals surface area contributed by atoms with Crippen LogP contribution in [0.1, 0.15) is 12.8 Å². The molecular weight excluding hydrogens is 120 g/mol. The fourth-order valence-corrected chi connectivity index (χ4v) is 3.56. The Labute approximate surface area is 54.2 Å². The summed E-state index contributed by atoms with van der Waals surface area (Å²) in [6.45, 7) is 0. The molecule has 0 aliphatic heterocycles. The van der Waals surface area contributed by atoms with Crippen molar-refractivity contribution in [1.82, 2.24) is 0 Å². The minimum atomic E-state index is 0.602. The normalized spacial score (nSPS) is 73.9. The molecule has 1 heteroatoms. The molecule has 4 bridgehead atoms. The minimum absolute atomic E-state index is 0.602. The first-order valence-electron chi connectivity index (χ1n) is 3.52. The molecule has 0 aromatic heterocycles. The molecule has 4 rings (SSSR count). The van der Waals surface area contributed by atoms with Crippen LogP contribution in [0, 0.1) is 23.7 Å². The van der Waals surface area contributed by atoms with E-state index in [4.69, 9.17) is 11.6 Å². The fraction of sp³-hybridized carbons (Fsp3) is 1.00. The fourth-order valence-electron chi connectivity index (χ4n) is 2.98. The molecule has 0 saturated heterocycles.